The number of nitriles is 1. The zero-order valence-electron chi connectivity index (χ0n) is 16.2. The van der Waals surface area contributed by atoms with Crippen LogP contribution in [0.1, 0.15) is 19.4 Å². The Labute approximate surface area is 189 Å². The predicted octanol–water partition coefficient (Wildman–Crippen LogP) is 6.71. The molecular weight excluding hydrogens is 452 g/mol. The van der Waals surface area contributed by atoms with Crippen molar-refractivity contribution in [3.63, 3.8) is 0 Å². The molecule has 0 aliphatic carbocycles. The summed E-state index contributed by atoms with van der Waals surface area (Å²) in [7, 11) is 0. The molecule has 2 rings (SSSR count). The first-order valence-electron chi connectivity index (χ1n) is 8.87. The minimum Gasteiger partial charge on any atom is -0.480 e. The number of hydrogen-bond donors (Lipinski definition) is 1. The number of carboxylic acids is 1. The fourth-order valence-electron chi connectivity index (χ4n) is 2.99. The quantitative estimate of drug-likeness (QED) is 0.435. The maximum Gasteiger partial charge on any atom is 0.325 e. The molecule has 0 saturated heterocycles. The number of aliphatic carboxylic acids is 1. The number of ether oxygens (including phenoxy) is 1. The fraction of sp³-hybridized carbons (Fsp3) is 0.273. The zero-order chi connectivity index (χ0) is 22.5. The number of halogens is 4. The van der Waals surface area contributed by atoms with E-state index in [2.05, 4.69) is 0 Å². The predicted molar refractivity (Wildman–Crippen MR) is 116 cm³/mol. The van der Waals surface area contributed by atoms with Crippen LogP contribution in [0.15, 0.2) is 59.1 Å². The van der Waals surface area contributed by atoms with E-state index in [1.165, 1.54) is 24.3 Å². The molecule has 0 saturated carbocycles. The third-order valence-corrected chi connectivity index (χ3v) is 6.02. The second-order valence-corrected chi connectivity index (χ2v) is 8.90. The van der Waals surface area contributed by atoms with E-state index in [9.17, 15) is 19.6 Å². The summed E-state index contributed by atoms with van der Waals surface area (Å²) in [5.74, 6) is -2.57. The van der Waals surface area contributed by atoms with E-state index < -0.39 is 28.0 Å². The second kappa shape index (κ2) is 9.70. The minimum atomic E-state index is -1.92. The van der Waals surface area contributed by atoms with Crippen LogP contribution in [-0.2, 0) is 11.2 Å². The van der Waals surface area contributed by atoms with Crippen LogP contribution in [0.3, 0.4) is 0 Å². The average molecular weight is 471 g/mol. The molecule has 8 heteroatoms. The molecule has 0 fully saturated rings. The molecule has 0 aliphatic rings. The van der Waals surface area contributed by atoms with Gasteiger partial charge in [-0.2, -0.15) is 5.26 Å². The van der Waals surface area contributed by atoms with Crippen LogP contribution >= 0.6 is 34.8 Å². The van der Waals surface area contributed by atoms with Crippen molar-refractivity contribution in [2.45, 2.75) is 25.1 Å². The number of benzene rings is 2. The number of carbonyl (C=O) groups is 1. The topological polar surface area (TPSA) is 70.3 Å². The maximum atomic E-state index is 14.3. The lowest BCUT2D eigenvalue weighted by atomic mass is 9.67. The van der Waals surface area contributed by atoms with Gasteiger partial charge >= 0.3 is 5.97 Å². The Morgan fingerprint density at radius 1 is 1.27 bits per heavy atom. The SMILES string of the molecule is CC(C)(C(C#N)C=C(Cl)Cl)C(Cl)(Cc1ccc(F)c(Oc2ccccc2)c1)C(=O)O. The molecule has 1 N–H and O–H groups in total. The van der Waals surface area contributed by atoms with Crippen LogP contribution in [0.5, 0.6) is 11.5 Å². The molecule has 2 unspecified atom stereocenters. The average Bonchev–Trinajstić information content (AvgIpc) is 2.68. The van der Waals surface area contributed by atoms with Crippen LogP contribution in [-0.4, -0.2) is 16.0 Å². The molecule has 0 radical (unpaired) electrons. The summed E-state index contributed by atoms with van der Waals surface area (Å²) < 4.78 is 19.7. The molecule has 0 heterocycles. The first-order valence-corrected chi connectivity index (χ1v) is 10.0. The van der Waals surface area contributed by atoms with Crippen LogP contribution in [0.4, 0.5) is 4.39 Å². The molecule has 2 aromatic carbocycles. The van der Waals surface area contributed by atoms with Crippen molar-refractivity contribution in [2.75, 3.05) is 0 Å². The number of para-hydroxylation sites is 1. The van der Waals surface area contributed by atoms with Gasteiger partial charge in [-0.3, -0.25) is 4.79 Å². The van der Waals surface area contributed by atoms with E-state index in [0.29, 0.717) is 11.3 Å². The van der Waals surface area contributed by atoms with E-state index in [0.717, 1.165) is 0 Å². The highest BCUT2D eigenvalue weighted by Gasteiger charge is 2.54. The number of allylic oxidation sites excluding steroid dienone is 1. The van der Waals surface area contributed by atoms with Crippen LogP contribution < -0.4 is 4.74 Å². The minimum absolute atomic E-state index is 0.0681. The Hall–Kier alpha value is -2.26. The van der Waals surface area contributed by atoms with E-state index >= 15 is 0 Å². The Bertz CT molecular complexity index is 985. The third kappa shape index (κ3) is 5.26. The maximum absolute atomic E-state index is 14.3. The summed E-state index contributed by atoms with van der Waals surface area (Å²) in [6.45, 7) is 3.08. The molecule has 0 aliphatic heterocycles. The summed E-state index contributed by atoms with van der Waals surface area (Å²) in [6.07, 6.45) is 1.05. The Balaban J connectivity index is 2.43. The van der Waals surface area contributed by atoms with Gasteiger partial charge in [0.05, 0.1) is 12.0 Å². The highest BCUT2D eigenvalue weighted by molar-refractivity contribution is 6.55. The van der Waals surface area contributed by atoms with E-state index in [-0.39, 0.29) is 16.7 Å². The van der Waals surface area contributed by atoms with Crippen molar-refractivity contribution in [1.29, 1.82) is 5.26 Å². The Morgan fingerprint density at radius 2 is 1.90 bits per heavy atom. The van der Waals surface area contributed by atoms with Crippen molar-refractivity contribution < 1.29 is 19.0 Å². The lowest BCUT2D eigenvalue weighted by Crippen LogP contribution is -2.51. The molecule has 0 amide bonds. The number of nitrogens with zero attached hydrogens (tertiary/aromatic N) is 1. The van der Waals surface area contributed by atoms with Crippen molar-refractivity contribution >= 4 is 40.8 Å². The molecule has 158 valence electrons. The van der Waals surface area contributed by atoms with E-state index in [1.54, 1.807) is 44.2 Å². The highest BCUT2D eigenvalue weighted by atomic mass is 35.5. The molecular formula is C22H19Cl3FNO3. The van der Waals surface area contributed by atoms with Crippen LogP contribution in [0.25, 0.3) is 0 Å². The molecule has 4 nitrogen and oxygen atoms in total. The zero-order valence-corrected chi connectivity index (χ0v) is 18.5. The highest BCUT2D eigenvalue weighted by Crippen LogP contribution is 2.47. The van der Waals surface area contributed by atoms with Gasteiger partial charge < -0.3 is 9.84 Å². The fourth-order valence-corrected chi connectivity index (χ4v) is 3.52. The summed E-state index contributed by atoms with van der Waals surface area (Å²) >= 11 is 18.0. The lowest BCUT2D eigenvalue weighted by Gasteiger charge is -2.41. The molecule has 0 aromatic heterocycles. The van der Waals surface area contributed by atoms with Gasteiger partial charge in [-0.1, -0.05) is 61.3 Å². The third-order valence-electron chi connectivity index (χ3n) is 4.98. The standard InChI is InChI=1S/C22H19Cl3FNO3/c1-21(2,15(13-27)11-19(23)24)22(25,20(28)29)12-14-8-9-17(26)18(10-14)30-16-6-4-3-5-7-16/h3-11,15H,12H2,1-2H3,(H,28,29). The number of carboxylic acid groups (broad SMARTS) is 1. The van der Waals surface area contributed by atoms with Crippen molar-refractivity contribution in [3.05, 3.63) is 70.5 Å². The molecule has 0 bridgehead atoms. The first kappa shape index (κ1) is 24.0. The molecule has 2 aromatic rings. The van der Waals surface area contributed by atoms with Gasteiger partial charge in [0, 0.05) is 11.8 Å². The molecule has 0 spiro atoms. The molecule has 2 atom stereocenters. The van der Waals surface area contributed by atoms with Crippen molar-refractivity contribution in [3.8, 4) is 17.6 Å². The van der Waals surface area contributed by atoms with Crippen LogP contribution in [0, 0.1) is 28.5 Å². The largest absolute Gasteiger partial charge is 0.480 e. The smallest absolute Gasteiger partial charge is 0.325 e. The van der Waals surface area contributed by atoms with Gasteiger partial charge in [0.1, 0.15) is 10.2 Å². The van der Waals surface area contributed by atoms with Gasteiger partial charge in [-0.25, -0.2) is 4.39 Å². The summed E-state index contributed by atoms with van der Waals surface area (Å²) in [6, 6.07) is 14.6. The Kier molecular flexibility index (Phi) is 7.76. The van der Waals surface area contributed by atoms with E-state index in [4.69, 9.17) is 39.5 Å². The number of alkyl halides is 1. The van der Waals surface area contributed by atoms with Gasteiger partial charge in [-0.15, -0.1) is 11.6 Å². The first-order chi connectivity index (χ1) is 14.0. The lowest BCUT2D eigenvalue weighted by molar-refractivity contribution is -0.144. The summed E-state index contributed by atoms with van der Waals surface area (Å²) in [4.78, 5) is 10.3. The summed E-state index contributed by atoms with van der Waals surface area (Å²) in [5, 5.41) is 19.5. The number of rotatable bonds is 8. The monoisotopic (exact) mass is 469 g/mol. The van der Waals surface area contributed by atoms with Gasteiger partial charge in [-0.05, 0) is 35.9 Å². The molecule has 30 heavy (non-hydrogen) atoms. The number of hydrogen-bond acceptors (Lipinski definition) is 3. The summed E-state index contributed by atoms with van der Waals surface area (Å²) in [5.41, 5.74) is -0.871. The van der Waals surface area contributed by atoms with Crippen molar-refractivity contribution in [2.24, 2.45) is 11.3 Å². The van der Waals surface area contributed by atoms with Gasteiger partial charge in [0.15, 0.2) is 16.4 Å². The van der Waals surface area contributed by atoms with Gasteiger partial charge in [0.25, 0.3) is 0 Å². The van der Waals surface area contributed by atoms with Crippen LogP contribution in [0.2, 0.25) is 0 Å². The second-order valence-electron chi connectivity index (χ2n) is 7.25. The van der Waals surface area contributed by atoms with Gasteiger partial charge in [0.2, 0.25) is 0 Å². The van der Waals surface area contributed by atoms with E-state index in [1.807, 2.05) is 6.07 Å². The Morgan fingerprint density at radius 3 is 2.43 bits per heavy atom. The van der Waals surface area contributed by atoms with Crippen molar-refractivity contribution in [1.82, 2.24) is 0 Å². The normalized spacial score (nSPS) is 14.2.